The first kappa shape index (κ1) is 12.8. The molecule has 6 heteroatoms. The van der Waals surface area contributed by atoms with Crippen molar-refractivity contribution in [3.63, 3.8) is 0 Å². The van der Waals surface area contributed by atoms with Crippen LogP contribution in [0, 0.1) is 0 Å². The summed E-state index contributed by atoms with van der Waals surface area (Å²) in [6, 6.07) is 0.165. The highest BCUT2D eigenvalue weighted by atomic mass is 16.6. The normalized spacial score (nSPS) is 18.6. The van der Waals surface area contributed by atoms with Gasteiger partial charge in [-0.05, 0) is 19.3 Å². The van der Waals surface area contributed by atoms with Crippen LogP contribution in [0.25, 0.3) is 0 Å². The van der Waals surface area contributed by atoms with Gasteiger partial charge in [0.1, 0.15) is 6.10 Å². The third-order valence-corrected chi connectivity index (χ3v) is 2.39. The lowest BCUT2D eigenvalue weighted by molar-refractivity contribution is -0.135. The number of aliphatic hydroxyl groups is 1. The van der Waals surface area contributed by atoms with Gasteiger partial charge in [0.15, 0.2) is 6.10 Å². The molecule has 1 fully saturated rings. The number of rotatable bonds is 6. The van der Waals surface area contributed by atoms with Crippen LogP contribution in [-0.4, -0.2) is 35.4 Å². The molecule has 1 aliphatic carbocycles. The molecule has 0 aromatic heterocycles. The third-order valence-electron chi connectivity index (χ3n) is 2.39. The van der Waals surface area contributed by atoms with Gasteiger partial charge in [-0.15, -0.1) is 0 Å². The van der Waals surface area contributed by atoms with E-state index in [1.165, 1.54) is 0 Å². The Morgan fingerprint density at radius 1 is 1.56 bits per heavy atom. The molecule has 1 rings (SSSR count). The minimum absolute atomic E-state index is 0.165. The topological polar surface area (TPSA) is 102 Å². The largest absolute Gasteiger partial charge is 0.443 e. The van der Waals surface area contributed by atoms with Crippen molar-refractivity contribution in [2.24, 2.45) is 5.73 Å². The van der Waals surface area contributed by atoms with Crippen molar-refractivity contribution < 1.29 is 19.4 Å². The molecule has 2 atom stereocenters. The second-order valence-electron chi connectivity index (χ2n) is 3.99. The van der Waals surface area contributed by atoms with Crippen LogP contribution in [0.5, 0.6) is 0 Å². The number of carbonyl (C=O) groups is 2. The standard InChI is InChI=1S/C10H18N2O4/c1-2-3-7(16-10(11)15)8(13)9(14)12-6-4-5-6/h6-8,13H,2-5H2,1H3,(H2,11,15)(H,12,14). The summed E-state index contributed by atoms with van der Waals surface area (Å²) >= 11 is 0. The molecule has 1 saturated carbocycles. The maximum absolute atomic E-state index is 11.5. The number of amides is 2. The number of nitrogens with one attached hydrogen (secondary N) is 1. The zero-order valence-corrected chi connectivity index (χ0v) is 9.31. The van der Waals surface area contributed by atoms with E-state index in [1.54, 1.807) is 0 Å². The molecule has 1 aliphatic rings. The van der Waals surface area contributed by atoms with E-state index in [-0.39, 0.29) is 6.04 Å². The van der Waals surface area contributed by atoms with Crippen LogP contribution < -0.4 is 11.1 Å². The van der Waals surface area contributed by atoms with Crippen molar-refractivity contribution in [3.05, 3.63) is 0 Å². The molecule has 2 unspecified atom stereocenters. The van der Waals surface area contributed by atoms with E-state index >= 15 is 0 Å². The monoisotopic (exact) mass is 230 g/mol. The van der Waals surface area contributed by atoms with Crippen LogP contribution in [0.4, 0.5) is 4.79 Å². The van der Waals surface area contributed by atoms with Gasteiger partial charge in [-0.25, -0.2) is 4.79 Å². The molecule has 0 aromatic rings. The first-order valence-corrected chi connectivity index (χ1v) is 5.49. The van der Waals surface area contributed by atoms with E-state index in [2.05, 4.69) is 5.32 Å². The number of hydrogen-bond acceptors (Lipinski definition) is 4. The summed E-state index contributed by atoms with van der Waals surface area (Å²) in [4.78, 5) is 22.1. The number of ether oxygens (including phenoxy) is 1. The Morgan fingerprint density at radius 3 is 2.62 bits per heavy atom. The molecule has 4 N–H and O–H groups in total. The Bertz CT molecular complexity index is 266. The summed E-state index contributed by atoms with van der Waals surface area (Å²) in [7, 11) is 0. The lowest BCUT2D eigenvalue weighted by atomic mass is 10.1. The van der Waals surface area contributed by atoms with Gasteiger partial charge in [0.25, 0.3) is 5.91 Å². The number of aliphatic hydroxyl groups excluding tert-OH is 1. The van der Waals surface area contributed by atoms with Gasteiger partial charge in [-0.1, -0.05) is 13.3 Å². The summed E-state index contributed by atoms with van der Waals surface area (Å²) in [5, 5.41) is 12.3. The molecule has 0 heterocycles. The molecule has 6 nitrogen and oxygen atoms in total. The van der Waals surface area contributed by atoms with Crippen LogP contribution in [0.1, 0.15) is 32.6 Å². The maximum atomic E-state index is 11.5. The SMILES string of the molecule is CCCC(OC(N)=O)C(O)C(=O)NC1CC1. The second-order valence-corrected chi connectivity index (χ2v) is 3.99. The quantitative estimate of drug-likeness (QED) is 0.592. The molecular formula is C10H18N2O4. The lowest BCUT2D eigenvalue weighted by Crippen LogP contribution is -2.45. The fourth-order valence-corrected chi connectivity index (χ4v) is 1.40. The van der Waals surface area contributed by atoms with Gasteiger partial charge in [0.2, 0.25) is 0 Å². The Hall–Kier alpha value is -1.30. The van der Waals surface area contributed by atoms with Crippen molar-refractivity contribution in [2.75, 3.05) is 0 Å². The molecular weight excluding hydrogens is 212 g/mol. The van der Waals surface area contributed by atoms with Gasteiger partial charge >= 0.3 is 6.09 Å². The van der Waals surface area contributed by atoms with Crippen LogP contribution in [0.15, 0.2) is 0 Å². The maximum Gasteiger partial charge on any atom is 0.404 e. The van der Waals surface area contributed by atoms with E-state index in [0.717, 1.165) is 12.8 Å². The minimum Gasteiger partial charge on any atom is -0.443 e. The van der Waals surface area contributed by atoms with Crippen LogP contribution in [-0.2, 0) is 9.53 Å². The molecule has 0 radical (unpaired) electrons. The van der Waals surface area contributed by atoms with Crippen molar-refractivity contribution in [2.45, 2.75) is 50.9 Å². The summed E-state index contributed by atoms with van der Waals surface area (Å²) in [6.45, 7) is 1.86. The molecule has 0 saturated heterocycles. The van der Waals surface area contributed by atoms with E-state index in [0.29, 0.717) is 12.8 Å². The van der Waals surface area contributed by atoms with E-state index in [9.17, 15) is 14.7 Å². The highest BCUT2D eigenvalue weighted by Crippen LogP contribution is 2.19. The fraction of sp³-hybridized carbons (Fsp3) is 0.800. The predicted octanol–water partition coefficient (Wildman–Crippen LogP) is -0.110. The predicted molar refractivity (Wildman–Crippen MR) is 56.5 cm³/mol. The van der Waals surface area contributed by atoms with Gasteiger partial charge in [-0.3, -0.25) is 4.79 Å². The molecule has 0 bridgehead atoms. The number of carbonyl (C=O) groups excluding carboxylic acids is 2. The molecule has 2 amide bonds. The second kappa shape index (κ2) is 5.69. The lowest BCUT2D eigenvalue weighted by Gasteiger charge is -2.21. The van der Waals surface area contributed by atoms with Crippen LogP contribution >= 0.6 is 0 Å². The fourth-order valence-electron chi connectivity index (χ4n) is 1.40. The van der Waals surface area contributed by atoms with Crippen LogP contribution in [0.2, 0.25) is 0 Å². The average molecular weight is 230 g/mol. The summed E-state index contributed by atoms with van der Waals surface area (Å²) < 4.78 is 4.70. The summed E-state index contributed by atoms with van der Waals surface area (Å²) in [6.07, 6.45) is -0.208. The minimum atomic E-state index is -1.34. The van der Waals surface area contributed by atoms with E-state index in [4.69, 9.17) is 10.5 Å². The molecule has 92 valence electrons. The van der Waals surface area contributed by atoms with Crippen molar-refractivity contribution >= 4 is 12.0 Å². The number of hydrogen-bond donors (Lipinski definition) is 3. The Balaban J connectivity index is 2.46. The smallest absolute Gasteiger partial charge is 0.404 e. The first-order chi connectivity index (χ1) is 7.54. The zero-order chi connectivity index (χ0) is 12.1. The van der Waals surface area contributed by atoms with Crippen molar-refractivity contribution in [1.82, 2.24) is 5.32 Å². The zero-order valence-electron chi connectivity index (χ0n) is 9.31. The van der Waals surface area contributed by atoms with Gasteiger partial charge in [0, 0.05) is 6.04 Å². The number of primary amides is 1. The Labute approximate surface area is 94.1 Å². The first-order valence-electron chi connectivity index (χ1n) is 5.49. The van der Waals surface area contributed by atoms with Crippen molar-refractivity contribution in [1.29, 1.82) is 0 Å². The highest BCUT2D eigenvalue weighted by molar-refractivity contribution is 5.82. The van der Waals surface area contributed by atoms with Crippen molar-refractivity contribution in [3.8, 4) is 0 Å². The third kappa shape index (κ3) is 4.06. The highest BCUT2D eigenvalue weighted by Gasteiger charge is 2.32. The van der Waals surface area contributed by atoms with Gasteiger partial charge in [-0.2, -0.15) is 0 Å². The van der Waals surface area contributed by atoms with Crippen LogP contribution in [0.3, 0.4) is 0 Å². The Morgan fingerprint density at radius 2 is 2.19 bits per heavy atom. The molecule has 0 spiro atoms. The van der Waals surface area contributed by atoms with Gasteiger partial charge in [0.05, 0.1) is 0 Å². The molecule has 0 aromatic carbocycles. The summed E-state index contributed by atoms with van der Waals surface area (Å²) in [5.41, 5.74) is 4.87. The number of nitrogens with two attached hydrogens (primary N) is 1. The molecule has 0 aliphatic heterocycles. The average Bonchev–Trinajstić information content (AvgIpc) is 2.99. The summed E-state index contributed by atoms with van der Waals surface area (Å²) in [5.74, 6) is -0.498. The van der Waals surface area contributed by atoms with Gasteiger partial charge < -0.3 is 20.9 Å². The molecule has 16 heavy (non-hydrogen) atoms. The Kier molecular flexibility index (Phi) is 4.54. The van der Waals surface area contributed by atoms with E-state index < -0.39 is 24.2 Å². The van der Waals surface area contributed by atoms with E-state index in [1.807, 2.05) is 6.92 Å².